The van der Waals surface area contributed by atoms with Gasteiger partial charge in [0.1, 0.15) is 0 Å². The van der Waals surface area contributed by atoms with Crippen molar-refractivity contribution in [2.75, 3.05) is 26.7 Å². The predicted molar refractivity (Wildman–Crippen MR) is 89.9 cm³/mol. The van der Waals surface area contributed by atoms with Gasteiger partial charge in [-0.05, 0) is 26.0 Å². The Labute approximate surface area is 136 Å². The van der Waals surface area contributed by atoms with Gasteiger partial charge in [-0.3, -0.25) is 9.59 Å². The molecular formula is C17H24N4O2. The molecule has 0 spiro atoms. The number of rotatable bonds is 7. The Hall–Kier alpha value is -2.37. The number of amides is 2. The number of hydrogen-bond acceptors (Lipinski definition) is 3. The summed E-state index contributed by atoms with van der Waals surface area (Å²) in [6, 6.07) is 7.83. The SMILES string of the molecule is CCN(CC)C(=O)CN(C)C(=O)CCn1cnc2ccccc21. The largest absolute Gasteiger partial charge is 0.342 e. The lowest BCUT2D eigenvalue weighted by Crippen LogP contribution is -2.41. The van der Waals surface area contributed by atoms with Crippen LogP contribution >= 0.6 is 0 Å². The van der Waals surface area contributed by atoms with E-state index in [2.05, 4.69) is 4.98 Å². The highest BCUT2D eigenvalue weighted by Gasteiger charge is 2.16. The van der Waals surface area contributed by atoms with Crippen LogP contribution in [-0.4, -0.2) is 57.8 Å². The second-order valence-electron chi connectivity index (χ2n) is 5.49. The normalized spacial score (nSPS) is 10.7. The summed E-state index contributed by atoms with van der Waals surface area (Å²) in [5, 5.41) is 0. The monoisotopic (exact) mass is 316 g/mol. The van der Waals surface area contributed by atoms with Crippen LogP contribution in [0.3, 0.4) is 0 Å². The Morgan fingerprint density at radius 3 is 2.52 bits per heavy atom. The lowest BCUT2D eigenvalue weighted by Gasteiger charge is -2.23. The van der Waals surface area contributed by atoms with Crippen LogP contribution in [0.25, 0.3) is 11.0 Å². The number of para-hydroxylation sites is 2. The Morgan fingerprint density at radius 2 is 1.83 bits per heavy atom. The van der Waals surface area contributed by atoms with Gasteiger partial charge in [-0.1, -0.05) is 12.1 Å². The topological polar surface area (TPSA) is 58.4 Å². The van der Waals surface area contributed by atoms with Gasteiger partial charge in [0, 0.05) is 33.1 Å². The zero-order chi connectivity index (χ0) is 16.8. The van der Waals surface area contributed by atoms with Crippen molar-refractivity contribution in [3.05, 3.63) is 30.6 Å². The van der Waals surface area contributed by atoms with Crippen LogP contribution in [-0.2, 0) is 16.1 Å². The van der Waals surface area contributed by atoms with E-state index in [-0.39, 0.29) is 18.4 Å². The standard InChI is InChI=1S/C17H24N4O2/c1-4-20(5-2)17(23)12-19(3)16(22)10-11-21-13-18-14-8-6-7-9-15(14)21/h6-9,13H,4-5,10-12H2,1-3H3. The Morgan fingerprint density at radius 1 is 1.13 bits per heavy atom. The summed E-state index contributed by atoms with van der Waals surface area (Å²) in [5.41, 5.74) is 1.94. The van der Waals surface area contributed by atoms with E-state index in [1.165, 1.54) is 4.90 Å². The number of likely N-dealkylation sites (N-methyl/N-ethyl adjacent to an activating group) is 2. The fourth-order valence-corrected chi connectivity index (χ4v) is 2.56. The number of benzene rings is 1. The lowest BCUT2D eigenvalue weighted by molar-refractivity contribution is -0.139. The van der Waals surface area contributed by atoms with E-state index in [4.69, 9.17) is 0 Å². The molecule has 2 rings (SSSR count). The first-order valence-corrected chi connectivity index (χ1v) is 7.98. The molecule has 0 saturated carbocycles. The van der Waals surface area contributed by atoms with Crippen LogP contribution in [0.15, 0.2) is 30.6 Å². The molecule has 2 amide bonds. The third-order valence-corrected chi connectivity index (χ3v) is 4.01. The minimum Gasteiger partial charge on any atom is -0.342 e. The van der Waals surface area contributed by atoms with E-state index in [9.17, 15) is 9.59 Å². The third-order valence-electron chi connectivity index (χ3n) is 4.01. The van der Waals surface area contributed by atoms with E-state index in [1.807, 2.05) is 42.7 Å². The summed E-state index contributed by atoms with van der Waals surface area (Å²) in [6.07, 6.45) is 2.10. The number of fused-ring (bicyclic) bond motifs is 1. The van der Waals surface area contributed by atoms with Crippen molar-refractivity contribution in [2.24, 2.45) is 0 Å². The molecule has 0 aliphatic heterocycles. The van der Waals surface area contributed by atoms with Crippen molar-refractivity contribution in [3.63, 3.8) is 0 Å². The molecule has 0 radical (unpaired) electrons. The number of carbonyl (C=O) groups is 2. The van der Waals surface area contributed by atoms with Gasteiger partial charge in [0.25, 0.3) is 0 Å². The van der Waals surface area contributed by atoms with Crippen LogP contribution in [0.2, 0.25) is 0 Å². The summed E-state index contributed by atoms with van der Waals surface area (Å²) in [7, 11) is 1.68. The van der Waals surface area contributed by atoms with Gasteiger partial charge >= 0.3 is 0 Å². The van der Waals surface area contributed by atoms with E-state index in [0.29, 0.717) is 26.1 Å². The van der Waals surface area contributed by atoms with Crippen LogP contribution in [0.4, 0.5) is 0 Å². The van der Waals surface area contributed by atoms with Crippen molar-refractivity contribution in [1.82, 2.24) is 19.4 Å². The molecular weight excluding hydrogens is 292 g/mol. The Bertz CT molecular complexity index is 676. The summed E-state index contributed by atoms with van der Waals surface area (Å²) in [6.45, 7) is 5.89. The molecule has 0 unspecified atom stereocenters. The molecule has 2 aromatic rings. The first-order chi connectivity index (χ1) is 11.1. The van der Waals surface area contributed by atoms with E-state index in [0.717, 1.165) is 11.0 Å². The van der Waals surface area contributed by atoms with E-state index >= 15 is 0 Å². The highest BCUT2D eigenvalue weighted by atomic mass is 16.2. The summed E-state index contributed by atoms with van der Waals surface area (Å²) in [4.78, 5) is 31.8. The summed E-state index contributed by atoms with van der Waals surface area (Å²) < 4.78 is 1.97. The molecule has 6 heteroatoms. The molecule has 124 valence electrons. The van der Waals surface area contributed by atoms with Gasteiger partial charge in [-0.15, -0.1) is 0 Å². The minimum atomic E-state index is -0.0386. The van der Waals surface area contributed by atoms with Crippen molar-refractivity contribution in [3.8, 4) is 0 Å². The van der Waals surface area contributed by atoms with Gasteiger partial charge in [0.2, 0.25) is 11.8 Å². The quantitative estimate of drug-likeness (QED) is 0.782. The minimum absolute atomic E-state index is 0.0149. The maximum absolute atomic E-state index is 12.2. The maximum atomic E-state index is 12.2. The molecule has 0 N–H and O–H groups in total. The number of nitrogens with zero attached hydrogens (tertiary/aromatic N) is 4. The molecule has 0 saturated heterocycles. The highest BCUT2D eigenvalue weighted by molar-refractivity contribution is 5.84. The van der Waals surface area contributed by atoms with Gasteiger partial charge in [0.15, 0.2) is 0 Å². The van der Waals surface area contributed by atoms with Crippen LogP contribution in [0.5, 0.6) is 0 Å². The van der Waals surface area contributed by atoms with Gasteiger partial charge in [-0.2, -0.15) is 0 Å². The summed E-state index contributed by atoms with van der Waals surface area (Å²) in [5.74, 6) is -0.0535. The average Bonchev–Trinajstić information content (AvgIpc) is 2.97. The average molecular weight is 316 g/mol. The smallest absolute Gasteiger partial charge is 0.242 e. The molecule has 0 aliphatic rings. The van der Waals surface area contributed by atoms with Crippen molar-refractivity contribution < 1.29 is 9.59 Å². The van der Waals surface area contributed by atoms with Gasteiger partial charge in [-0.25, -0.2) is 4.98 Å². The first-order valence-electron chi connectivity index (χ1n) is 7.98. The number of aromatic nitrogens is 2. The predicted octanol–water partition coefficient (Wildman–Crippen LogP) is 1.75. The van der Waals surface area contributed by atoms with Crippen LogP contribution in [0, 0.1) is 0 Å². The second kappa shape index (κ2) is 7.76. The van der Waals surface area contributed by atoms with Crippen LogP contribution < -0.4 is 0 Å². The molecule has 0 bridgehead atoms. The maximum Gasteiger partial charge on any atom is 0.242 e. The van der Waals surface area contributed by atoms with E-state index in [1.54, 1.807) is 18.3 Å². The lowest BCUT2D eigenvalue weighted by atomic mass is 10.3. The van der Waals surface area contributed by atoms with Gasteiger partial charge < -0.3 is 14.4 Å². The molecule has 23 heavy (non-hydrogen) atoms. The second-order valence-corrected chi connectivity index (χ2v) is 5.49. The zero-order valence-electron chi connectivity index (χ0n) is 14.0. The van der Waals surface area contributed by atoms with Gasteiger partial charge in [0.05, 0.1) is 23.9 Å². The number of carbonyl (C=O) groups excluding carboxylic acids is 2. The van der Waals surface area contributed by atoms with Crippen molar-refractivity contribution >= 4 is 22.8 Å². The molecule has 1 heterocycles. The Kier molecular flexibility index (Phi) is 5.73. The fraction of sp³-hybridized carbons (Fsp3) is 0.471. The Balaban J connectivity index is 1.90. The fourth-order valence-electron chi connectivity index (χ4n) is 2.56. The number of hydrogen-bond donors (Lipinski definition) is 0. The molecule has 1 aromatic heterocycles. The van der Waals surface area contributed by atoms with Crippen molar-refractivity contribution in [1.29, 1.82) is 0 Å². The molecule has 6 nitrogen and oxygen atoms in total. The molecule has 0 atom stereocenters. The highest BCUT2D eigenvalue weighted by Crippen LogP contribution is 2.12. The molecule has 1 aromatic carbocycles. The van der Waals surface area contributed by atoms with Crippen LogP contribution in [0.1, 0.15) is 20.3 Å². The number of imidazole rings is 1. The zero-order valence-corrected chi connectivity index (χ0v) is 14.0. The first kappa shape index (κ1) is 17.0. The molecule has 0 aliphatic carbocycles. The van der Waals surface area contributed by atoms with Crippen molar-refractivity contribution in [2.45, 2.75) is 26.8 Å². The summed E-state index contributed by atoms with van der Waals surface area (Å²) >= 11 is 0. The van der Waals surface area contributed by atoms with E-state index < -0.39 is 0 Å². The molecule has 0 fully saturated rings. The number of aryl methyl sites for hydroxylation is 1. The third kappa shape index (κ3) is 4.09.